The second-order valence-corrected chi connectivity index (χ2v) is 7.74. The summed E-state index contributed by atoms with van der Waals surface area (Å²) in [6, 6.07) is 1.86. The second-order valence-electron chi connectivity index (χ2n) is 7.74. The Morgan fingerprint density at radius 1 is 0.933 bits per heavy atom. The van der Waals surface area contributed by atoms with Gasteiger partial charge in [0.2, 0.25) is 5.95 Å². The highest BCUT2D eigenvalue weighted by atomic mass is 127. The lowest BCUT2D eigenvalue weighted by Crippen LogP contribution is -2.53. The van der Waals surface area contributed by atoms with Crippen LogP contribution in [0.3, 0.4) is 0 Å². The van der Waals surface area contributed by atoms with Crippen molar-refractivity contribution in [3.63, 3.8) is 0 Å². The molecule has 3 heterocycles. The highest BCUT2D eigenvalue weighted by Gasteiger charge is 2.21. The molecule has 2 saturated heterocycles. The Bertz CT molecular complexity index is 598. The summed E-state index contributed by atoms with van der Waals surface area (Å²) in [6.45, 7) is 17.2. The molecule has 0 radical (unpaired) electrons. The first-order chi connectivity index (χ1) is 14.3. The van der Waals surface area contributed by atoms with E-state index in [2.05, 4.69) is 48.7 Å². The number of likely N-dealkylation sites (N-methyl/N-ethyl adjacent to an activating group) is 1. The predicted octanol–water partition coefficient (Wildman–Crippen LogP) is 1.60. The number of piperazine rings is 2. The van der Waals surface area contributed by atoms with E-state index in [1.54, 1.807) is 0 Å². The van der Waals surface area contributed by atoms with Crippen LogP contribution in [0.15, 0.2) is 23.5 Å². The molecular formula is C21H39IN8. The minimum Gasteiger partial charge on any atom is -0.357 e. The van der Waals surface area contributed by atoms with Gasteiger partial charge in [0.1, 0.15) is 0 Å². The summed E-state index contributed by atoms with van der Waals surface area (Å²) in [5.41, 5.74) is 0. The van der Waals surface area contributed by atoms with Gasteiger partial charge in [0.25, 0.3) is 0 Å². The maximum Gasteiger partial charge on any atom is 0.225 e. The van der Waals surface area contributed by atoms with Crippen molar-refractivity contribution in [3.05, 3.63) is 18.5 Å². The van der Waals surface area contributed by atoms with Gasteiger partial charge in [0.15, 0.2) is 5.96 Å². The van der Waals surface area contributed by atoms with Gasteiger partial charge in [-0.15, -0.1) is 24.0 Å². The van der Waals surface area contributed by atoms with E-state index in [-0.39, 0.29) is 24.0 Å². The molecule has 0 bridgehead atoms. The van der Waals surface area contributed by atoms with Gasteiger partial charge in [-0.1, -0.05) is 6.92 Å². The van der Waals surface area contributed by atoms with Crippen molar-refractivity contribution in [2.75, 3.05) is 83.4 Å². The molecular weight excluding hydrogens is 491 g/mol. The number of nitrogens with zero attached hydrogens (tertiary/aromatic N) is 7. The van der Waals surface area contributed by atoms with Crippen LogP contribution in [0.4, 0.5) is 5.95 Å². The van der Waals surface area contributed by atoms with Crippen molar-refractivity contribution in [1.29, 1.82) is 0 Å². The number of hydrogen-bond donors (Lipinski definition) is 1. The number of guanidine groups is 1. The molecule has 1 N–H and O–H groups in total. The number of halogens is 1. The Morgan fingerprint density at radius 2 is 1.60 bits per heavy atom. The standard InChI is InChI=1S/C21H38N8.HI/c1-3-22-20(23-8-5-6-11-27-14-12-26(4-2)13-15-27)28-16-18-29(19-17-28)21-24-9-7-10-25-21;/h7,9-10H,3-6,8,11-19H2,1-2H3,(H,22,23);1H. The van der Waals surface area contributed by atoms with E-state index < -0.39 is 0 Å². The number of unbranched alkanes of at least 4 members (excludes halogenated alkanes) is 1. The third-order valence-electron chi connectivity index (χ3n) is 5.81. The molecule has 0 unspecified atom stereocenters. The maximum absolute atomic E-state index is 4.90. The fourth-order valence-corrected chi connectivity index (χ4v) is 3.96. The lowest BCUT2D eigenvalue weighted by Gasteiger charge is -2.36. The highest BCUT2D eigenvalue weighted by molar-refractivity contribution is 14.0. The molecule has 0 amide bonds. The molecule has 8 nitrogen and oxygen atoms in total. The van der Waals surface area contributed by atoms with Crippen molar-refractivity contribution in [2.24, 2.45) is 4.99 Å². The molecule has 2 aliphatic rings. The van der Waals surface area contributed by atoms with Crippen LogP contribution in [0.2, 0.25) is 0 Å². The lowest BCUT2D eigenvalue weighted by atomic mass is 10.2. The average Bonchev–Trinajstić information content (AvgIpc) is 2.79. The minimum atomic E-state index is 0. The highest BCUT2D eigenvalue weighted by Crippen LogP contribution is 2.10. The molecule has 0 spiro atoms. The SMILES string of the molecule is CCNC(=NCCCCN1CCN(CC)CC1)N1CCN(c2ncccn2)CC1.I. The molecule has 30 heavy (non-hydrogen) atoms. The van der Waals surface area contributed by atoms with Gasteiger partial charge in [-0.05, 0) is 38.9 Å². The molecule has 170 valence electrons. The van der Waals surface area contributed by atoms with Crippen LogP contribution >= 0.6 is 24.0 Å². The van der Waals surface area contributed by atoms with Gasteiger partial charge in [-0.25, -0.2) is 9.97 Å². The summed E-state index contributed by atoms with van der Waals surface area (Å²) in [6.07, 6.45) is 6.00. The van der Waals surface area contributed by atoms with E-state index in [0.29, 0.717) is 0 Å². The molecule has 0 aliphatic carbocycles. The number of aliphatic imine (C=N–C) groups is 1. The molecule has 1 aromatic rings. The first-order valence-electron chi connectivity index (χ1n) is 11.3. The Labute approximate surface area is 199 Å². The van der Waals surface area contributed by atoms with Crippen LogP contribution in [0.25, 0.3) is 0 Å². The van der Waals surface area contributed by atoms with Crippen molar-refractivity contribution < 1.29 is 0 Å². The number of nitrogens with one attached hydrogen (secondary N) is 1. The van der Waals surface area contributed by atoms with E-state index in [4.69, 9.17) is 4.99 Å². The van der Waals surface area contributed by atoms with E-state index in [1.807, 2.05) is 18.5 Å². The topological polar surface area (TPSA) is 63.1 Å². The predicted molar refractivity (Wildman–Crippen MR) is 135 cm³/mol. The largest absolute Gasteiger partial charge is 0.357 e. The molecule has 2 fully saturated rings. The summed E-state index contributed by atoms with van der Waals surface area (Å²) < 4.78 is 0. The monoisotopic (exact) mass is 530 g/mol. The van der Waals surface area contributed by atoms with Crippen molar-refractivity contribution in [3.8, 4) is 0 Å². The molecule has 9 heteroatoms. The van der Waals surface area contributed by atoms with Gasteiger partial charge in [0.05, 0.1) is 0 Å². The fraction of sp³-hybridized carbons (Fsp3) is 0.762. The summed E-state index contributed by atoms with van der Waals surface area (Å²) in [5, 5.41) is 3.47. The Kier molecular flexibility index (Phi) is 11.7. The summed E-state index contributed by atoms with van der Waals surface area (Å²) in [5.74, 6) is 1.88. The van der Waals surface area contributed by atoms with Crippen LogP contribution in [-0.4, -0.2) is 109 Å². The van der Waals surface area contributed by atoms with Crippen molar-refractivity contribution >= 4 is 35.9 Å². The van der Waals surface area contributed by atoms with Crippen molar-refractivity contribution in [2.45, 2.75) is 26.7 Å². The zero-order valence-electron chi connectivity index (χ0n) is 18.7. The summed E-state index contributed by atoms with van der Waals surface area (Å²) >= 11 is 0. The van der Waals surface area contributed by atoms with Gasteiger partial charge < -0.3 is 24.9 Å². The average molecular weight is 531 g/mol. The molecule has 2 aliphatic heterocycles. The molecule has 1 aromatic heterocycles. The number of aromatic nitrogens is 2. The van der Waals surface area contributed by atoms with Crippen molar-refractivity contribution in [1.82, 2.24) is 30.0 Å². The summed E-state index contributed by atoms with van der Waals surface area (Å²) in [4.78, 5) is 23.4. The van der Waals surface area contributed by atoms with Gasteiger partial charge in [-0.2, -0.15) is 0 Å². The molecule has 0 atom stereocenters. The second kappa shape index (κ2) is 14.0. The van der Waals surface area contributed by atoms with Crippen LogP contribution in [-0.2, 0) is 0 Å². The van der Waals surface area contributed by atoms with E-state index in [0.717, 1.165) is 57.6 Å². The van der Waals surface area contributed by atoms with E-state index in [1.165, 1.54) is 45.7 Å². The first kappa shape index (κ1) is 25.1. The molecule has 0 aromatic carbocycles. The zero-order chi connectivity index (χ0) is 20.3. The zero-order valence-corrected chi connectivity index (χ0v) is 21.0. The third kappa shape index (κ3) is 7.81. The van der Waals surface area contributed by atoms with Crippen LogP contribution in [0.5, 0.6) is 0 Å². The van der Waals surface area contributed by atoms with E-state index in [9.17, 15) is 0 Å². The Hall–Kier alpha value is -1.20. The third-order valence-corrected chi connectivity index (χ3v) is 5.81. The molecule has 0 saturated carbocycles. The summed E-state index contributed by atoms with van der Waals surface area (Å²) in [7, 11) is 0. The Morgan fingerprint density at radius 3 is 2.23 bits per heavy atom. The normalized spacial score (nSPS) is 18.9. The van der Waals surface area contributed by atoms with Gasteiger partial charge in [0, 0.05) is 77.8 Å². The number of hydrogen-bond acceptors (Lipinski definition) is 6. The lowest BCUT2D eigenvalue weighted by molar-refractivity contribution is 0.136. The van der Waals surface area contributed by atoms with Crippen LogP contribution in [0.1, 0.15) is 26.7 Å². The Balaban J connectivity index is 0.00000320. The number of anilines is 1. The fourth-order valence-electron chi connectivity index (χ4n) is 3.96. The minimum absolute atomic E-state index is 0. The smallest absolute Gasteiger partial charge is 0.225 e. The van der Waals surface area contributed by atoms with Crippen LogP contribution in [0, 0.1) is 0 Å². The molecule has 3 rings (SSSR count). The first-order valence-corrected chi connectivity index (χ1v) is 11.3. The van der Waals surface area contributed by atoms with E-state index >= 15 is 0 Å². The van der Waals surface area contributed by atoms with Crippen LogP contribution < -0.4 is 10.2 Å². The van der Waals surface area contributed by atoms with Gasteiger partial charge >= 0.3 is 0 Å². The quantitative estimate of drug-likeness (QED) is 0.237. The number of rotatable bonds is 8. The maximum atomic E-state index is 4.90. The van der Waals surface area contributed by atoms with Gasteiger partial charge in [-0.3, -0.25) is 4.99 Å².